The van der Waals surface area contributed by atoms with Gasteiger partial charge in [0.15, 0.2) is 5.96 Å². The van der Waals surface area contributed by atoms with E-state index in [-0.39, 0.29) is 11.9 Å². The minimum Gasteiger partial charge on any atom is -0.366 e. The highest BCUT2D eigenvalue weighted by molar-refractivity contribution is 5.81. The van der Waals surface area contributed by atoms with E-state index in [4.69, 9.17) is 0 Å². The van der Waals surface area contributed by atoms with Crippen LogP contribution in [0.15, 0.2) is 23.2 Å². The Kier molecular flexibility index (Phi) is 8.47. The minimum atomic E-state index is -0.440. The van der Waals surface area contributed by atoms with Gasteiger partial charge in [-0.3, -0.25) is 9.79 Å². The Morgan fingerprint density at radius 3 is 2.57 bits per heavy atom. The van der Waals surface area contributed by atoms with E-state index in [0.717, 1.165) is 31.1 Å². The highest BCUT2D eigenvalue weighted by Crippen LogP contribution is 2.21. The molecule has 156 valence electrons. The molecule has 1 aliphatic rings. The highest BCUT2D eigenvalue weighted by Gasteiger charge is 2.22. The van der Waals surface area contributed by atoms with Crippen molar-refractivity contribution >= 4 is 17.6 Å². The number of hydrogen-bond acceptors (Lipinski definition) is 3. The number of nitrogens with one attached hydrogen (secondary N) is 2. The molecule has 1 unspecified atom stereocenters. The second-order valence-electron chi connectivity index (χ2n) is 6.93. The fourth-order valence-corrected chi connectivity index (χ4v) is 3.03. The second kappa shape index (κ2) is 10.8. The Morgan fingerprint density at radius 1 is 1.21 bits per heavy atom. The first-order valence-electron chi connectivity index (χ1n) is 9.97. The Bertz CT molecular complexity index is 675. The fourth-order valence-electron chi connectivity index (χ4n) is 3.03. The van der Waals surface area contributed by atoms with Crippen LogP contribution in [-0.4, -0.2) is 62.1 Å². The molecule has 1 atom stereocenters. The number of nitrogens with zero attached hydrogens (tertiary/aromatic N) is 3. The van der Waals surface area contributed by atoms with Crippen LogP contribution >= 0.6 is 0 Å². The van der Waals surface area contributed by atoms with E-state index in [1.165, 1.54) is 6.07 Å². The molecule has 0 aliphatic carbocycles. The van der Waals surface area contributed by atoms with E-state index in [1.807, 2.05) is 25.7 Å². The van der Waals surface area contributed by atoms with E-state index in [9.17, 15) is 13.6 Å². The summed E-state index contributed by atoms with van der Waals surface area (Å²) in [4.78, 5) is 20.4. The average molecular weight is 395 g/mol. The number of guanidine groups is 1. The van der Waals surface area contributed by atoms with Crippen LogP contribution in [0.3, 0.4) is 0 Å². The van der Waals surface area contributed by atoms with E-state index in [0.29, 0.717) is 44.8 Å². The number of amides is 1. The number of anilines is 1. The maximum absolute atomic E-state index is 14.0. The summed E-state index contributed by atoms with van der Waals surface area (Å²) in [5, 5.41) is 6.18. The molecule has 28 heavy (non-hydrogen) atoms. The predicted molar refractivity (Wildman–Crippen MR) is 109 cm³/mol. The molecule has 1 fully saturated rings. The lowest BCUT2D eigenvalue weighted by Crippen LogP contribution is -2.52. The maximum Gasteiger partial charge on any atom is 0.222 e. The van der Waals surface area contributed by atoms with Crippen LogP contribution in [-0.2, 0) is 4.79 Å². The van der Waals surface area contributed by atoms with Gasteiger partial charge < -0.3 is 20.4 Å². The molecule has 0 aromatic heterocycles. The molecular weight excluding hydrogens is 364 g/mol. The summed E-state index contributed by atoms with van der Waals surface area (Å²) in [6, 6.07) is 3.69. The monoisotopic (exact) mass is 395 g/mol. The maximum atomic E-state index is 14.0. The number of aliphatic imine (C=N–C) groups is 1. The Morgan fingerprint density at radius 2 is 1.93 bits per heavy atom. The van der Waals surface area contributed by atoms with Crippen molar-refractivity contribution in [3.63, 3.8) is 0 Å². The number of halogens is 2. The van der Waals surface area contributed by atoms with Crippen molar-refractivity contribution < 1.29 is 13.6 Å². The Balaban J connectivity index is 1.91. The van der Waals surface area contributed by atoms with Gasteiger partial charge in [-0.1, -0.05) is 6.92 Å². The standard InChI is InChI=1S/C20H31F2N5O/c1-4-15(3)25-19(28)8-9-24-20(23-5-2)27-12-10-26(11-13-27)18-14-16(21)6-7-17(18)22/h6-7,14-15H,4-5,8-13H2,1-3H3,(H,23,24)(H,25,28). The molecule has 1 heterocycles. The normalized spacial score (nSPS) is 16.1. The molecule has 1 amide bonds. The topological polar surface area (TPSA) is 60.0 Å². The Labute approximate surface area is 166 Å². The first-order valence-corrected chi connectivity index (χ1v) is 9.97. The number of rotatable bonds is 7. The summed E-state index contributed by atoms with van der Waals surface area (Å²) in [7, 11) is 0. The third kappa shape index (κ3) is 6.35. The highest BCUT2D eigenvalue weighted by atomic mass is 19.1. The van der Waals surface area contributed by atoms with Crippen LogP contribution in [0.2, 0.25) is 0 Å². The summed E-state index contributed by atoms with van der Waals surface area (Å²) in [5.74, 6) is -0.106. The van der Waals surface area contributed by atoms with Gasteiger partial charge in [0.25, 0.3) is 0 Å². The summed E-state index contributed by atoms with van der Waals surface area (Å²) in [6.45, 7) is 9.54. The summed E-state index contributed by atoms with van der Waals surface area (Å²) >= 11 is 0. The molecule has 0 radical (unpaired) electrons. The third-order valence-corrected chi connectivity index (χ3v) is 4.78. The van der Waals surface area contributed by atoms with E-state index >= 15 is 0 Å². The molecule has 2 N–H and O–H groups in total. The van der Waals surface area contributed by atoms with Crippen molar-refractivity contribution in [3.05, 3.63) is 29.8 Å². The van der Waals surface area contributed by atoms with E-state index < -0.39 is 11.6 Å². The zero-order valence-corrected chi connectivity index (χ0v) is 17.0. The van der Waals surface area contributed by atoms with Gasteiger partial charge in [-0.15, -0.1) is 0 Å². The van der Waals surface area contributed by atoms with E-state index in [2.05, 4.69) is 20.5 Å². The molecule has 1 aromatic rings. The van der Waals surface area contributed by atoms with Crippen molar-refractivity contribution in [3.8, 4) is 0 Å². The first-order chi connectivity index (χ1) is 13.4. The number of carbonyl (C=O) groups excluding carboxylic acids is 1. The van der Waals surface area contributed by atoms with Crippen LogP contribution in [0, 0.1) is 11.6 Å². The zero-order valence-electron chi connectivity index (χ0n) is 17.0. The lowest BCUT2D eigenvalue weighted by molar-refractivity contribution is -0.121. The van der Waals surface area contributed by atoms with Gasteiger partial charge in [0, 0.05) is 51.3 Å². The van der Waals surface area contributed by atoms with Crippen molar-refractivity contribution in [1.29, 1.82) is 0 Å². The van der Waals surface area contributed by atoms with Crippen molar-refractivity contribution in [2.24, 2.45) is 4.99 Å². The number of carbonyl (C=O) groups is 1. The fraction of sp³-hybridized carbons (Fsp3) is 0.600. The second-order valence-corrected chi connectivity index (χ2v) is 6.93. The average Bonchev–Trinajstić information content (AvgIpc) is 2.69. The smallest absolute Gasteiger partial charge is 0.222 e. The van der Waals surface area contributed by atoms with Crippen LogP contribution in [0.4, 0.5) is 14.5 Å². The molecule has 1 aromatic carbocycles. The SMILES string of the molecule is CCNC(=NCCC(=O)NC(C)CC)N1CCN(c2cc(F)ccc2F)CC1. The molecule has 6 nitrogen and oxygen atoms in total. The molecule has 1 saturated heterocycles. The number of hydrogen-bond donors (Lipinski definition) is 2. The van der Waals surface area contributed by atoms with E-state index in [1.54, 1.807) is 0 Å². The zero-order chi connectivity index (χ0) is 20.5. The minimum absolute atomic E-state index is 0.000321. The number of benzene rings is 1. The van der Waals surface area contributed by atoms with Crippen LogP contribution < -0.4 is 15.5 Å². The van der Waals surface area contributed by atoms with Crippen LogP contribution in [0.1, 0.15) is 33.6 Å². The molecule has 0 bridgehead atoms. The summed E-state index contributed by atoms with van der Waals surface area (Å²) in [5.41, 5.74) is 0.295. The predicted octanol–water partition coefficient (Wildman–Crippen LogP) is 2.36. The summed E-state index contributed by atoms with van der Waals surface area (Å²) < 4.78 is 27.4. The Hall–Kier alpha value is -2.38. The van der Waals surface area contributed by atoms with Crippen molar-refractivity contribution in [2.45, 2.75) is 39.7 Å². The first kappa shape index (κ1) is 21.9. The van der Waals surface area contributed by atoms with Gasteiger partial charge in [-0.25, -0.2) is 8.78 Å². The molecular formula is C20H31F2N5O. The number of piperazine rings is 1. The van der Waals surface area contributed by atoms with Crippen molar-refractivity contribution in [1.82, 2.24) is 15.5 Å². The van der Waals surface area contributed by atoms with Gasteiger partial charge in [-0.05, 0) is 32.4 Å². The van der Waals surface area contributed by atoms with Gasteiger partial charge >= 0.3 is 0 Å². The molecule has 0 saturated carbocycles. The lowest BCUT2D eigenvalue weighted by atomic mass is 10.2. The van der Waals surface area contributed by atoms with Gasteiger partial charge in [0.1, 0.15) is 11.6 Å². The molecule has 0 spiro atoms. The lowest BCUT2D eigenvalue weighted by Gasteiger charge is -2.37. The molecule has 2 rings (SSSR count). The van der Waals surface area contributed by atoms with Crippen molar-refractivity contribution in [2.75, 3.05) is 44.2 Å². The van der Waals surface area contributed by atoms with Gasteiger partial charge in [0.05, 0.1) is 12.2 Å². The largest absolute Gasteiger partial charge is 0.366 e. The quantitative estimate of drug-likeness (QED) is 0.550. The van der Waals surface area contributed by atoms with Gasteiger partial charge in [0.2, 0.25) is 5.91 Å². The van der Waals surface area contributed by atoms with Gasteiger partial charge in [-0.2, -0.15) is 0 Å². The van der Waals surface area contributed by atoms with Crippen LogP contribution in [0.5, 0.6) is 0 Å². The van der Waals surface area contributed by atoms with Crippen LogP contribution in [0.25, 0.3) is 0 Å². The molecule has 8 heteroatoms. The molecule has 1 aliphatic heterocycles. The third-order valence-electron chi connectivity index (χ3n) is 4.78. The summed E-state index contributed by atoms with van der Waals surface area (Å²) in [6.07, 6.45) is 1.24.